The number of carbonyl (C=O) groups is 1. The first-order valence-electron chi connectivity index (χ1n) is 14.0. The van der Waals surface area contributed by atoms with Gasteiger partial charge in [0.1, 0.15) is 36.0 Å². The normalized spacial score (nSPS) is 14.5. The molecule has 0 bridgehead atoms. The SMILES string of the molecule is Cc1cc(Nc2ncnn3ccc(CN4CCN(C(=O)OC(C)(C)C)CC4)c23)ccc1Oc1ccn2c(c1)nc[n+]2C. The van der Waals surface area contributed by atoms with Crippen molar-refractivity contribution in [2.24, 2.45) is 7.05 Å². The number of aryl methyl sites for hydroxylation is 2. The summed E-state index contributed by atoms with van der Waals surface area (Å²) in [6.07, 6.45) is 6.94. The standard InChI is InChI=1S/C30H36N9O3/c1-21-16-23(6-7-25(21)41-24-9-11-39-26(17-24)32-20-35(39)5)34-28-27-22(8-10-38(27)33-19-31-28)18-36-12-14-37(15-13-36)29(40)42-30(2,3)4/h6-11,16-17,19-20H,12-15,18H2,1-5H3,(H,31,33,34)/q+1. The third kappa shape index (κ3) is 5.84. The van der Waals surface area contributed by atoms with Gasteiger partial charge in [-0.05, 0) is 68.1 Å². The number of piperazine rings is 1. The number of fused-ring (bicyclic) bond motifs is 2. The highest BCUT2D eigenvalue weighted by atomic mass is 16.6. The van der Waals surface area contributed by atoms with Crippen molar-refractivity contribution in [2.75, 3.05) is 31.5 Å². The summed E-state index contributed by atoms with van der Waals surface area (Å²) in [7, 11) is 1.94. The van der Waals surface area contributed by atoms with E-state index in [1.165, 1.54) is 0 Å². The second-order valence-corrected chi connectivity index (χ2v) is 11.6. The van der Waals surface area contributed by atoms with Crippen molar-refractivity contribution in [2.45, 2.75) is 39.8 Å². The molecule has 12 nitrogen and oxygen atoms in total. The third-order valence-corrected chi connectivity index (χ3v) is 7.20. The summed E-state index contributed by atoms with van der Waals surface area (Å²) >= 11 is 0. The molecule has 5 aromatic rings. The Bertz CT molecular complexity index is 1750. The van der Waals surface area contributed by atoms with E-state index in [-0.39, 0.29) is 6.09 Å². The van der Waals surface area contributed by atoms with Gasteiger partial charge in [0.15, 0.2) is 5.82 Å². The molecule has 0 aliphatic carbocycles. The van der Waals surface area contributed by atoms with E-state index in [0.717, 1.165) is 64.9 Å². The van der Waals surface area contributed by atoms with Gasteiger partial charge in [-0.25, -0.2) is 14.3 Å². The van der Waals surface area contributed by atoms with Crippen LogP contribution in [0.25, 0.3) is 11.2 Å². The number of carbonyl (C=O) groups excluding carboxylic acids is 1. The van der Waals surface area contributed by atoms with Crippen LogP contribution in [0.3, 0.4) is 0 Å². The number of hydrogen-bond acceptors (Lipinski definition) is 8. The van der Waals surface area contributed by atoms with Crippen LogP contribution in [0.15, 0.2) is 61.4 Å². The predicted octanol–water partition coefficient (Wildman–Crippen LogP) is 4.10. The summed E-state index contributed by atoms with van der Waals surface area (Å²) in [6, 6.07) is 11.9. The molecule has 1 saturated heterocycles. The molecular formula is C30H36N9O3+. The van der Waals surface area contributed by atoms with Gasteiger partial charge >= 0.3 is 12.4 Å². The zero-order valence-corrected chi connectivity index (χ0v) is 24.6. The van der Waals surface area contributed by atoms with Crippen LogP contribution in [0, 0.1) is 6.92 Å². The van der Waals surface area contributed by atoms with Gasteiger partial charge in [-0.1, -0.05) is 0 Å². The molecule has 1 amide bonds. The largest absolute Gasteiger partial charge is 0.457 e. The fraction of sp³-hybridized carbons (Fsp3) is 0.367. The predicted molar refractivity (Wildman–Crippen MR) is 157 cm³/mol. The van der Waals surface area contributed by atoms with E-state index in [1.807, 2.05) is 91.2 Å². The summed E-state index contributed by atoms with van der Waals surface area (Å²) in [5.41, 5.74) is 4.23. The van der Waals surface area contributed by atoms with Crippen LogP contribution in [-0.2, 0) is 18.3 Å². The molecule has 4 aromatic heterocycles. The quantitative estimate of drug-likeness (QED) is 0.304. The van der Waals surface area contributed by atoms with E-state index >= 15 is 0 Å². The van der Waals surface area contributed by atoms with E-state index in [2.05, 4.69) is 31.3 Å². The van der Waals surface area contributed by atoms with E-state index in [1.54, 1.807) is 17.6 Å². The maximum atomic E-state index is 12.5. The summed E-state index contributed by atoms with van der Waals surface area (Å²) in [5.74, 6) is 2.21. The highest BCUT2D eigenvalue weighted by Gasteiger charge is 2.26. The van der Waals surface area contributed by atoms with Crippen molar-refractivity contribution in [3.05, 3.63) is 72.6 Å². The van der Waals surface area contributed by atoms with E-state index in [4.69, 9.17) is 9.47 Å². The lowest BCUT2D eigenvalue weighted by Crippen LogP contribution is -2.49. The molecule has 5 heterocycles. The Hall–Kier alpha value is -4.71. The minimum atomic E-state index is -0.497. The summed E-state index contributed by atoms with van der Waals surface area (Å²) in [4.78, 5) is 25.5. The molecule has 0 atom stereocenters. The first-order chi connectivity index (χ1) is 20.1. The van der Waals surface area contributed by atoms with Crippen molar-refractivity contribution in [1.29, 1.82) is 0 Å². The number of hydrogen-bond donors (Lipinski definition) is 1. The van der Waals surface area contributed by atoms with Crippen LogP contribution in [-0.4, -0.2) is 71.8 Å². The second-order valence-electron chi connectivity index (χ2n) is 11.6. The maximum absolute atomic E-state index is 12.5. The molecule has 0 spiro atoms. The lowest BCUT2D eigenvalue weighted by Gasteiger charge is -2.35. The first-order valence-corrected chi connectivity index (χ1v) is 14.0. The fourth-order valence-corrected chi connectivity index (χ4v) is 5.09. The number of rotatable bonds is 6. The van der Waals surface area contributed by atoms with Crippen LogP contribution in [0.1, 0.15) is 31.9 Å². The average molecular weight is 571 g/mol. The monoisotopic (exact) mass is 570 g/mol. The van der Waals surface area contributed by atoms with Crippen molar-refractivity contribution >= 4 is 28.8 Å². The molecule has 1 aliphatic rings. The van der Waals surface area contributed by atoms with Crippen molar-refractivity contribution < 1.29 is 19.0 Å². The van der Waals surface area contributed by atoms with Gasteiger partial charge in [-0.3, -0.25) is 4.90 Å². The number of aromatic nitrogens is 6. The lowest BCUT2D eigenvalue weighted by molar-refractivity contribution is -0.739. The van der Waals surface area contributed by atoms with E-state index < -0.39 is 5.60 Å². The van der Waals surface area contributed by atoms with Crippen LogP contribution in [0.2, 0.25) is 0 Å². The number of anilines is 2. The Morgan fingerprint density at radius 3 is 2.62 bits per heavy atom. The third-order valence-electron chi connectivity index (χ3n) is 7.20. The van der Waals surface area contributed by atoms with Gasteiger partial charge in [0.25, 0.3) is 5.65 Å². The zero-order chi connectivity index (χ0) is 29.4. The molecule has 6 rings (SSSR count). The van der Waals surface area contributed by atoms with Crippen LogP contribution >= 0.6 is 0 Å². The molecule has 218 valence electrons. The molecule has 42 heavy (non-hydrogen) atoms. The summed E-state index contributed by atoms with van der Waals surface area (Å²) in [6.45, 7) is 11.2. The van der Waals surface area contributed by atoms with Gasteiger partial charge < -0.3 is 19.7 Å². The number of pyridine rings is 1. The number of benzene rings is 1. The molecule has 1 fully saturated rings. The number of nitrogens with one attached hydrogen (secondary N) is 1. The molecule has 1 aliphatic heterocycles. The van der Waals surface area contributed by atoms with E-state index in [0.29, 0.717) is 13.1 Å². The van der Waals surface area contributed by atoms with Crippen molar-refractivity contribution in [1.82, 2.24) is 33.9 Å². The van der Waals surface area contributed by atoms with Crippen LogP contribution in [0.5, 0.6) is 11.5 Å². The number of nitrogens with zero attached hydrogens (tertiary/aromatic N) is 8. The van der Waals surface area contributed by atoms with Gasteiger partial charge in [-0.2, -0.15) is 9.78 Å². The Kier molecular flexibility index (Phi) is 7.15. The second kappa shape index (κ2) is 10.9. The highest BCUT2D eigenvalue weighted by molar-refractivity contribution is 5.77. The minimum Gasteiger partial charge on any atom is -0.457 e. The molecule has 0 saturated carbocycles. The topological polar surface area (TPSA) is 105 Å². The average Bonchev–Trinajstić information content (AvgIpc) is 3.53. The Labute approximate surface area is 244 Å². The smallest absolute Gasteiger partial charge is 0.410 e. The summed E-state index contributed by atoms with van der Waals surface area (Å²) < 4.78 is 17.4. The summed E-state index contributed by atoms with van der Waals surface area (Å²) in [5, 5.41) is 7.90. The van der Waals surface area contributed by atoms with E-state index in [9.17, 15) is 4.79 Å². The highest BCUT2D eigenvalue weighted by Crippen LogP contribution is 2.30. The first kappa shape index (κ1) is 27.5. The van der Waals surface area contributed by atoms with Gasteiger partial charge in [-0.15, -0.1) is 4.52 Å². The van der Waals surface area contributed by atoms with Gasteiger partial charge in [0.2, 0.25) is 0 Å². The fourth-order valence-electron chi connectivity index (χ4n) is 5.09. The zero-order valence-electron chi connectivity index (χ0n) is 24.6. The van der Waals surface area contributed by atoms with Gasteiger partial charge in [0.05, 0.1) is 12.3 Å². The molecular weight excluding hydrogens is 534 g/mol. The maximum Gasteiger partial charge on any atom is 0.410 e. The molecule has 1 aromatic carbocycles. The molecule has 0 radical (unpaired) electrons. The Balaban J connectivity index is 1.14. The number of ether oxygens (including phenoxy) is 2. The molecule has 0 unspecified atom stereocenters. The van der Waals surface area contributed by atoms with Crippen molar-refractivity contribution in [3.8, 4) is 11.5 Å². The van der Waals surface area contributed by atoms with Crippen LogP contribution in [0.4, 0.5) is 16.3 Å². The number of amides is 1. The van der Waals surface area contributed by atoms with Gasteiger partial charge in [0, 0.05) is 50.7 Å². The van der Waals surface area contributed by atoms with Crippen molar-refractivity contribution in [3.63, 3.8) is 0 Å². The lowest BCUT2D eigenvalue weighted by atomic mass is 10.2. The Morgan fingerprint density at radius 2 is 1.86 bits per heavy atom. The Morgan fingerprint density at radius 1 is 1.05 bits per heavy atom. The molecule has 1 N–H and O–H groups in total. The molecule has 12 heteroatoms. The van der Waals surface area contributed by atoms with Crippen LogP contribution < -0.4 is 14.7 Å². The minimum absolute atomic E-state index is 0.253.